The van der Waals surface area contributed by atoms with E-state index in [1.807, 2.05) is 35.7 Å². The standard InChI is InChI=1S/C18H21N6/c1-2-15(8-16(3-1)12-23-7-6-19-14-23)9-20-10-17-11-21-18-4-5-22-24(18)13-17/h1-8,14,17,20H,9-13H2. The van der Waals surface area contributed by atoms with Crippen molar-refractivity contribution in [2.24, 2.45) is 5.92 Å². The second-order valence-electron chi connectivity index (χ2n) is 6.26. The van der Waals surface area contributed by atoms with Crippen molar-refractivity contribution < 1.29 is 0 Å². The molecule has 1 radical (unpaired) electrons. The lowest BCUT2D eigenvalue weighted by Gasteiger charge is -2.23. The molecule has 4 rings (SSSR count). The largest absolute Gasteiger partial charge is 0.333 e. The smallest absolute Gasteiger partial charge is 0.145 e. The SMILES string of the molecule is c1cc(CNCC2C[N]c3ccnn3C2)cc(Cn2ccnc2)c1. The van der Waals surface area contributed by atoms with Crippen LogP contribution >= 0.6 is 0 Å². The Hall–Kier alpha value is -2.60. The molecule has 6 heteroatoms. The van der Waals surface area contributed by atoms with Gasteiger partial charge in [0.05, 0.1) is 12.5 Å². The normalized spacial score (nSPS) is 16.6. The molecule has 24 heavy (non-hydrogen) atoms. The molecule has 123 valence electrons. The van der Waals surface area contributed by atoms with Gasteiger partial charge in [-0.15, -0.1) is 0 Å². The summed E-state index contributed by atoms with van der Waals surface area (Å²) in [5.74, 6) is 1.50. The van der Waals surface area contributed by atoms with E-state index in [-0.39, 0.29) is 0 Å². The molecule has 1 N–H and O–H groups in total. The number of nitrogens with zero attached hydrogens (tertiary/aromatic N) is 5. The van der Waals surface area contributed by atoms with Gasteiger partial charge in [-0.05, 0) is 11.1 Å². The summed E-state index contributed by atoms with van der Waals surface area (Å²) in [5.41, 5.74) is 2.60. The average molecular weight is 321 g/mol. The van der Waals surface area contributed by atoms with E-state index in [2.05, 4.69) is 49.5 Å². The van der Waals surface area contributed by atoms with E-state index in [4.69, 9.17) is 0 Å². The Morgan fingerprint density at radius 3 is 3.04 bits per heavy atom. The van der Waals surface area contributed by atoms with E-state index in [9.17, 15) is 0 Å². The van der Waals surface area contributed by atoms with Gasteiger partial charge in [-0.2, -0.15) is 5.10 Å². The molecule has 6 nitrogen and oxygen atoms in total. The topological polar surface area (TPSA) is 61.8 Å². The van der Waals surface area contributed by atoms with Crippen LogP contribution in [-0.4, -0.2) is 32.4 Å². The van der Waals surface area contributed by atoms with Crippen molar-refractivity contribution in [3.8, 4) is 0 Å². The van der Waals surface area contributed by atoms with Gasteiger partial charge in [0.15, 0.2) is 0 Å². The van der Waals surface area contributed by atoms with Crippen LogP contribution in [-0.2, 0) is 19.6 Å². The van der Waals surface area contributed by atoms with E-state index >= 15 is 0 Å². The maximum Gasteiger partial charge on any atom is 0.145 e. The van der Waals surface area contributed by atoms with E-state index in [1.54, 1.807) is 0 Å². The molecule has 0 spiro atoms. The predicted molar refractivity (Wildman–Crippen MR) is 91.9 cm³/mol. The fraction of sp³-hybridized carbons (Fsp3) is 0.333. The summed E-state index contributed by atoms with van der Waals surface area (Å²) in [6.45, 7) is 4.51. The summed E-state index contributed by atoms with van der Waals surface area (Å²) in [4.78, 5) is 4.09. The Balaban J connectivity index is 1.29. The third-order valence-electron chi connectivity index (χ3n) is 4.31. The number of benzene rings is 1. The highest BCUT2D eigenvalue weighted by Crippen LogP contribution is 2.16. The summed E-state index contributed by atoms with van der Waals surface area (Å²) in [5, 5.41) is 12.4. The summed E-state index contributed by atoms with van der Waals surface area (Å²) >= 11 is 0. The van der Waals surface area contributed by atoms with Gasteiger partial charge >= 0.3 is 0 Å². The fourth-order valence-corrected chi connectivity index (χ4v) is 3.10. The number of nitrogens with one attached hydrogen (secondary N) is 1. The molecule has 0 saturated carbocycles. The Labute approximate surface area is 141 Å². The summed E-state index contributed by atoms with van der Waals surface area (Å²) < 4.78 is 4.07. The lowest BCUT2D eigenvalue weighted by Crippen LogP contribution is -2.34. The van der Waals surface area contributed by atoms with E-state index in [0.717, 1.165) is 38.5 Å². The van der Waals surface area contributed by atoms with Crippen LogP contribution in [0, 0.1) is 5.92 Å². The molecular formula is C18H21N6. The maximum atomic E-state index is 4.57. The van der Waals surface area contributed by atoms with Crippen molar-refractivity contribution in [1.29, 1.82) is 0 Å². The second-order valence-corrected chi connectivity index (χ2v) is 6.26. The highest BCUT2D eigenvalue weighted by molar-refractivity contribution is 5.26. The lowest BCUT2D eigenvalue weighted by atomic mass is 10.1. The van der Waals surface area contributed by atoms with Crippen LogP contribution in [0.3, 0.4) is 0 Å². The third kappa shape index (κ3) is 3.49. The van der Waals surface area contributed by atoms with Gasteiger partial charge in [0, 0.05) is 57.1 Å². The zero-order valence-corrected chi connectivity index (χ0v) is 13.5. The first-order valence-electron chi connectivity index (χ1n) is 8.30. The number of hydrogen-bond donors (Lipinski definition) is 1. The Kier molecular flexibility index (Phi) is 4.29. The van der Waals surface area contributed by atoms with Crippen molar-refractivity contribution >= 4 is 5.82 Å². The van der Waals surface area contributed by atoms with Crippen molar-refractivity contribution in [3.05, 3.63) is 66.4 Å². The molecule has 0 fully saturated rings. The number of fused-ring (bicyclic) bond motifs is 1. The fourth-order valence-electron chi connectivity index (χ4n) is 3.10. The Bertz CT molecular complexity index is 776. The number of rotatable bonds is 6. The number of imidazole rings is 1. The molecule has 2 aromatic heterocycles. The number of hydrogen-bond acceptors (Lipinski definition) is 3. The van der Waals surface area contributed by atoms with Gasteiger partial charge < -0.3 is 9.88 Å². The monoisotopic (exact) mass is 321 g/mol. The summed E-state index contributed by atoms with van der Waals surface area (Å²) in [7, 11) is 0. The molecule has 0 saturated heterocycles. The lowest BCUT2D eigenvalue weighted by molar-refractivity contribution is 0.352. The van der Waals surface area contributed by atoms with E-state index in [0.29, 0.717) is 5.92 Å². The van der Waals surface area contributed by atoms with Crippen molar-refractivity contribution in [1.82, 2.24) is 30.0 Å². The van der Waals surface area contributed by atoms with Gasteiger partial charge in [-0.1, -0.05) is 24.3 Å². The summed E-state index contributed by atoms with van der Waals surface area (Å²) in [6, 6.07) is 10.7. The zero-order chi connectivity index (χ0) is 16.2. The van der Waals surface area contributed by atoms with Crippen LogP contribution in [0.5, 0.6) is 0 Å². The average Bonchev–Trinajstić information content (AvgIpc) is 3.26. The van der Waals surface area contributed by atoms with Gasteiger partial charge in [-0.3, -0.25) is 5.32 Å². The Morgan fingerprint density at radius 2 is 2.12 bits per heavy atom. The minimum atomic E-state index is 0.506. The van der Waals surface area contributed by atoms with E-state index in [1.165, 1.54) is 11.1 Å². The van der Waals surface area contributed by atoms with Crippen LogP contribution in [0.25, 0.3) is 0 Å². The molecule has 3 aromatic rings. The van der Waals surface area contributed by atoms with E-state index < -0.39 is 0 Å². The molecule has 1 aliphatic rings. The van der Waals surface area contributed by atoms with Crippen molar-refractivity contribution in [2.45, 2.75) is 19.6 Å². The van der Waals surface area contributed by atoms with Crippen molar-refractivity contribution in [2.75, 3.05) is 13.1 Å². The van der Waals surface area contributed by atoms with Crippen LogP contribution in [0.1, 0.15) is 11.1 Å². The Morgan fingerprint density at radius 1 is 1.17 bits per heavy atom. The maximum absolute atomic E-state index is 4.57. The molecule has 0 bridgehead atoms. The molecule has 1 aromatic carbocycles. The molecule has 1 atom stereocenters. The minimum Gasteiger partial charge on any atom is -0.333 e. The molecule has 1 aliphatic heterocycles. The highest BCUT2D eigenvalue weighted by atomic mass is 15.3. The minimum absolute atomic E-state index is 0.506. The first-order valence-corrected chi connectivity index (χ1v) is 8.30. The molecule has 3 heterocycles. The van der Waals surface area contributed by atoms with Crippen LogP contribution in [0.4, 0.5) is 5.82 Å². The quantitative estimate of drug-likeness (QED) is 0.753. The van der Waals surface area contributed by atoms with Crippen molar-refractivity contribution in [3.63, 3.8) is 0 Å². The van der Waals surface area contributed by atoms with Gasteiger partial charge in [0.2, 0.25) is 0 Å². The number of aromatic nitrogens is 4. The van der Waals surface area contributed by atoms with Gasteiger partial charge in [0.25, 0.3) is 0 Å². The molecule has 0 amide bonds. The van der Waals surface area contributed by atoms with Crippen LogP contribution in [0.2, 0.25) is 0 Å². The van der Waals surface area contributed by atoms with Crippen LogP contribution < -0.4 is 10.6 Å². The first-order chi connectivity index (χ1) is 11.9. The second kappa shape index (κ2) is 6.88. The van der Waals surface area contributed by atoms with Gasteiger partial charge in [0.1, 0.15) is 5.82 Å². The third-order valence-corrected chi connectivity index (χ3v) is 4.31. The van der Waals surface area contributed by atoms with Gasteiger partial charge in [-0.25, -0.2) is 9.67 Å². The molecular weight excluding hydrogens is 300 g/mol. The molecule has 1 unspecified atom stereocenters. The zero-order valence-electron chi connectivity index (χ0n) is 13.5. The first kappa shape index (κ1) is 15.0. The highest BCUT2D eigenvalue weighted by Gasteiger charge is 2.18. The molecule has 0 aliphatic carbocycles. The van der Waals surface area contributed by atoms with Crippen LogP contribution in [0.15, 0.2) is 55.2 Å². The summed E-state index contributed by atoms with van der Waals surface area (Å²) in [6.07, 6.45) is 7.47. The predicted octanol–water partition coefficient (Wildman–Crippen LogP) is 1.78.